The number of ether oxygens (including phenoxy) is 2. The fourth-order valence-corrected chi connectivity index (χ4v) is 3.01. The Balaban J connectivity index is 0.00000480. The van der Waals surface area contributed by atoms with Crippen LogP contribution in [-0.4, -0.2) is 57.9 Å². The second-order valence-corrected chi connectivity index (χ2v) is 7.10. The zero-order valence-electron chi connectivity index (χ0n) is 18.9. The molecule has 7 nitrogen and oxygen atoms in total. The normalized spacial score (nSPS) is 11.4. The van der Waals surface area contributed by atoms with E-state index in [1.54, 1.807) is 13.4 Å². The first-order valence-electron chi connectivity index (χ1n) is 10.6. The molecule has 0 unspecified atom stereocenters. The summed E-state index contributed by atoms with van der Waals surface area (Å²) in [5.74, 6) is 1.80. The average molecular weight is 544 g/mol. The minimum Gasteiger partial charge on any atom is -0.468 e. The molecule has 0 amide bonds. The number of benzene rings is 1. The fourth-order valence-electron chi connectivity index (χ4n) is 3.01. The van der Waals surface area contributed by atoms with Crippen molar-refractivity contribution in [2.75, 3.05) is 47.1 Å². The first kappa shape index (κ1) is 27.4. The molecule has 0 bridgehead atoms. The molecule has 1 heterocycles. The van der Waals surface area contributed by atoms with Gasteiger partial charge < -0.3 is 24.5 Å². The molecule has 0 fully saturated rings. The van der Waals surface area contributed by atoms with Crippen molar-refractivity contribution >= 4 is 29.9 Å². The third kappa shape index (κ3) is 11.5. The minimum absolute atomic E-state index is 0. The van der Waals surface area contributed by atoms with Gasteiger partial charge in [-0.3, -0.25) is 4.90 Å². The summed E-state index contributed by atoms with van der Waals surface area (Å²) in [5.41, 5.74) is 2.50. The number of methoxy groups -OCH3 is 1. The Morgan fingerprint density at radius 1 is 1.03 bits per heavy atom. The van der Waals surface area contributed by atoms with Crippen molar-refractivity contribution in [3.8, 4) is 0 Å². The average Bonchev–Trinajstić information content (AvgIpc) is 3.25. The standard InChI is InChI=1S/C23H36N4O3.HI/c1-4-24-23(25-12-8-13-29-16-15-28-3)26-17-20-9-5-6-10-21(20)18-27(2)19-22-11-7-14-30-22;/h5-7,9-11,14H,4,8,12-13,15-19H2,1-3H3,(H2,24,25,26);1H. The molecule has 2 rings (SSSR count). The number of halogens is 1. The lowest BCUT2D eigenvalue weighted by atomic mass is 10.1. The predicted molar refractivity (Wildman–Crippen MR) is 136 cm³/mol. The summed E-state index contributed by atoms with van der Waals surface area (Å²) >= 11 is 0. The van der Waals surface area contributed by atoms with Gasteiger partial charge in [-0.05, 0) is 43.7 Å². The monoisotopic (exact) mass is 544 g/mol. The Morgan fingerprint density at radius 2 is 1.84 bits per heavy atom. The van der Waals surface area contributed by atoms with E-state index in [1.807, 2.05) is 12.1 Å². The molecule has 2 aromatic rings. The molecule has 2 N–H and O–H groups in total. The van der Waals surface area contributed by atoms with E-state index in [1.165, 1.54) is 11.1 Å². The van der Waals surface area contributed by atoms with Gasteiger partial charge in [-0.2, -0.15) is 0 Å². The van der Waals surface area contributed by atoms with E-state index < -0.39 is 0 Å². The summed E-state index contributed by atoms with van der Waals surface area (Å²) in [6.07, 6.45) is 2.63. The lowest BCUT2D eigenvalue weighted by molar-refractivity contribution is 0.0698. The minimum atomic E-state index is 0. The molecule has 0 aliphatic carbocycles. The molecule has 0 spiro atoms. The van der Waals surface area contributed by atoms with Gasteiger partial charge in [-0.1, -0.05) is 24.3 Å². The van der Waals surface area contributed by atoms with Crippen molar-refractivity contribution in [2.24, 2.45) is 4.99 Å². The summed E-state index contributed by atoms with van der Waals surface area (Å²) in [7, 11) is 3.78. The van der Waals surface area contributed by atoms with Gasteiger partial charge in [0.05, 0.1) is 32.6 Å². The number of hydrogen-bond donors (Lipinski definition) is 2. The third-order valence-electron chi connectivity index (χ3n) is 4.51. The maximum atomic E-state index is 5.50. The first-order chi connectivity index (χ1) is 14.7. The molecule has 1 aromatic carbocycles. The third-order valence-corrected chi connectivity index (χ3v) is 4.51. The van der Waals surface area contributed by atoms with Crippen molar-refractivity contribution in [3.63, 3.8) is 0 Å². The van der Waals surface area contributed by atoms with Gasteiger partial charge in [-0.25, -0.2) is 4.99 Å². The van der Waals surface area contributed by atoms with Crippen LogP contribution in [0.3, 0.4) is 0 Å². The van der Waals surface area contributed by atoms with Crippen LogP contribution < -0.4 is 10.6 Å². The van der Waals surface area contributed by atoms with Gasteiger partial charge >= 0.3 is 0 Å². The number of guanidine groups is 1. The molecular weight excluding hydrogens is 507 g/mol. The van der Waals surface area contributed by atoms with Gasteiger partial charge in [0, 0.05) is 33.4 Å². The van der Waals surface area contributed by atoms with E-state index in [0.717, 1.165) is 44.3 Å². The summed E-state index contributed by atoms with van der Waals surface area (Å²) in [6, 6.07) is 12.4. The van der Waals surface area contributed by atoms with Gasteiger partial charge in [-0.15, -0.1) is 24.0 Å². The van der Waals surface area contributed by atoms with Crippen molar-refractivity contribution < 1.29 is 13.9 Å². The highest BCUT2D eigenvalue weighted by Crippen LogP contribution is 2.14. The zero-order valence-corrected chi connectivity index (χ0v) is 21.3. The van der Waals surface area contributed by atoms with Crippen LogP contribution in [0.1, 0.15) is 30.2 Å². The second kappa shape index (κ2) is 17.0. The molecule has 0 saturated heterocycles. The number of aliphatic imine (C=N–C) groups is 1. The highest BCUT2D eigenvalue weighted by Gasteiger charge is 2.08. The molecule has 1 aromatic heterocycles. The van der Waals surface area contributed by atoms with Crippen molar-refractivity contribution in [3.05, 3.63) is 59.5 Å². The summed E-state index contributed by atoms with van der Waals surface area (Å²) < 4.78 is 15.9. The molecule has 0 radical (unpaired) electrons. The Bertz CT molecular complexity index is 725. The van der Waals surface area contributed by atoms with Crippen LogP contribution >= 0.6 is 24.0 Å². The Morgan fingerprint density at radius 3 is 2.55 bits per heavy atom. The van der Waals surface area contributed by atoms with E-state index in [-0.39, 0.29) is 24.0 Å². The quantitative estimate of drug-likeness (QED) is 0.164. The highest BCUT2D eigenvalue weighted by molar-refractivity contribution is 14.0. The van der Waals surface area contributed by atoms with Gasteiger partial charge in [0.25, 0.3) is 0 Å². The summed E-state index contributed by atoms with van der Waals surface area (Å²) in [5, 5.41) is 6.69. The molecule has 0 atom stereocenters. The topological polar surface area (TPSA) is 71.3 Å². The number of nitrogens with zero attached hydrogens (tertiary/aromatic N) is 2. The first-order valence-corrected chi connectivity index (χ1v) is 10.6. The number of nitrogens with one attached hydrogen (secondary N) is 2. The Hall–Kier alpha value is -1.62. The molecular formula is C23H37IN4O3. The van der Waals surface area contributed by atoms with Crippen LogP contribution in [0.25, 0.3) is 0 Å². The lowest BCUT2D eigenvalue weighted by Crippen LogP contribution is -2.38. The molecule has 0 aliphatic rings. The molecule has 31 heavy (non-hydrogen) atoms. The number of furan rings is 1. The predicted octanol–water partition coefficient (Wildman–Crippen LogP) is 3.64. The van der Waals surface area contributed by atoms with Crippen molar-refractivity contribution in [1.82, 2.24) is 15.5 Å². The fraction of sp³-hybridized carbons (Fsp3) is 0.522. The number of hydrogen-bond acceptors (Lipinski definition) is 5. The van der Waals surface area contributed by atoms with Gasteiger partial charge in [0.2, 0.25) is 0 Å². The molecule has 0 saturated carbocycles. The van der Waals surface area contributed by atoms with E-state index in [0.29, 0.717) is 26.4 Å². The van der Waals surface area contributed by atoms with Crippen molar-refractivity contribution in [2.45, 2.75) is 33.0 Å². The van der Waals surface area contributed by atoms with Crippen LogP contribution in [0.15, 0.2) is 52.1 Å². The van der Waals surface area contributed by atoms with Crippen LogP contribution in [0.4, 0.5) is 0 Å². The van der Waals surface area contributed by atoms with E-state index in [2.05, 4.69) is 53.8 Å². The van der Waals surface area contributed by atoms with E-state index in [9.17, 15) is 0 Å². The van der Waals surface area contributed by atoms with Gasteiger partial charge in [0.15, 0.2) is 5.96 Å². The Labute approximate surface area is 203 Å². The van der Waals surface area contributed by atoms with Crippen LogP contribution in [-0.2, 0) is 29.1 Å². The van der Waals surface area contributed by atoms with Crippen LogP contribution in [0.5, 0.6) is 0 Å². The van der Waals surface area contributed by atoms with Crippen LogP contribution in [0.2, 0.25) is 0 Å². The van der Waals surface area contributed by atoms with Gasteiger partial charge in [0.1, 0.15) is 5.76 Å². The lowest BCUT2D eigenvalue weighted by Gasteiger charge is -2.17. The second-order valence-electron chi connectivity index (χ2n) is 7.10. The zero-order chi connectivity index (χ0) is 21.4. The SMILES string of the molecule is CCNC(=NCc1ccccc1CN(C)Cc1ccco1)NCCCOCCOC.I. The highest BCUT2D eigenvalue weighted by atomic mass is 127. The molecule has 174 valence electrons. The van der Waals surface area contributed by atoms with Crippen molar-refractivity contribution in [1.29, 1.82) is 0 Å². The maximum absolute atomic E-state index is 5.50. The molecule has 0 aliphatic heterocycles. The maximum Gasteiger partial charge on any atom is 0.191 e. The smallest absolute Gasteiger partial charge is 0.191 e. The largest absolute Gasteiger partial charge is 0.468 e. The summed E-state index contributed by atoms with van der Waals surface area (Å²) in [4.78, 5) is 7.02. The van der Waals surface area contributed by atoms with Crippen LogP contribution in [0, 0.1) is 0 Å². The Kier molecular flexibility index (Phi) is 15.0. The molecule has 8 heteroatoms. The summed E-state index contributed by atoms with van der Waals surface area (Å²) in [6.45, 7) is 7.93. The van der Waals surface area contributed by atoms with E-state index >= 15 is 0 Å². The number of rotatable bonds is 14. The van der Waals surface area contributed by atoms with E-state index in [4.69, 9.17) is 18.9 Å².